The molecule has 110 valence electrons. The zero-order valence-electron chi connectivity index (χ0n) is 12.0. The number of aromatic nitrogens is 2. The number of nitrogens with zero attached hydrogens (tertiary/aromatic N) is 3. The Bertz CT molecular complexity index is 555. The maximum atomic E-state index is 5.73. The molecule has 5 nitrogen and oxygen atoms in total. The van der Waals surface area contributed by atoms with E-state index in [0.717, 1.165) is 38.4 Å². The number of rotatable bonds is 5. The van der Waals surface area contributed by atoms with Gasteiger partial charge < -0.3 is 15.0 Å². The van der Waals surface area contributed by atoms with E-state index in [9.17, 15) is 0 Å². The normalized spacial score (nSPS) is 15.0. The number of hydrogen-bond acceptors (Lipinski definition) is 5. The van der Waals surface area contributed by atoms with Crippen molar-refractivity contribution in [2.45, 2.75) is 6.42 Å². The van der Waals surface area contributed by atoms with Crippen molar-refractivity contribution in [2.24, 2.45) is 0 Å². The van der Waals surface area contributed by atoms with Crippen molar-refractivity contribution in [1.82, 2.24) is 15.3 Å². The van der Waals surface area contributed by atoms with Crippen LogP contribution < -0.4 is 15.0 Å². The summed E-state index contributed by atoms with van der Waals surface area (Å²) in [5.74, 6) is 1.50. The monoisotopic (exact) mass is 284 g/mol. The third-order valence-corrected chi connectivity index (χ3v) is 3.52. The molecule has 1 aliphatic heterocycles. The Hall–Kier alpha value is -2.14. The standard InChI is InChI=1S/C16H20N4O/c1-2-4-14(5-3-1)6-11-21-16-13-18-12-15(19-16)20-9-7-17-8-10-20/h1-5,12-13,17H,6-11H2. The average molecular weight is 284 g/mol. The van der Waals surface area contributed by atoms with Gasteiger partial charge in [0.2, 0.25) is 5.88 Å². The van der Waals surface area contributed by atoms with E-state index >= 15 is 0 Å². The fourth-order valence-electron chi connectivity index (χ4n) is 2.37. The second-order valence-corrected chi connectivity index (χ2v) is 5.04. The van der Waals surface area contributed by atoms with Gasteiger partial charge in [0.05, 0.1) is 19.0 Å². The van der Waals surface area contributed by atoms with Gasteiger partial charge in [-0.2, -0.15) is 4.98 Å². The van der Waals surface area contributed by atoms with Gasteiger partial charge in [0.25, 0.3) is 0 Å². The van der Waals surface area contributed by atoms with Gasteiger partial charge in [0, 0.05) is 32.6 Å². The van der Waals surface area contributed by atoms with Gasteiger partial charge in [0.1, 0.15) is 0 Å². The largest absolute Gasteiger partial charge is 0.476 e. The third kappa shape index (κ3) is 3.92. The zero-order valence-corrected chi connectivity index (χ0v) is 12.0. The lowest BCUT2D eigenvalue weighted by atomic mass is 10.2. The number of anilines is 1. The van der Waals surface area contributed by atoms with Crippen LogP contribution in [-0.4, -0.2) is 42.8 Å². The van der Waals surface area contributed by atoms with Crippen LogP contribution in [0.4, 0.5) is 5.82 Å². The second kappa shape index (κ2) is 7.04. The van der Waals surface area contributed by atoms with E-state index in [4.69, 9.17) is 4.74 Å². The molecule has 2 heterocycles. The molecule has 0 spiro atoms. The lowest BCUT2D eigenvalue weighted by Gasteiger charge is -2.28. The Kier molecular flexibility index (Phi) is 4.63. The molecule has 5 heteroatoms. The topological polar surface area (TPSA) is 50.3 Å². The molecule has 1 N–H and O–H groups in total. The first-order chi connectivity index (χ1) is 10.4. The zero-order chi connectivity index (χ0) is 14.3. The van der Waals surface area contributed by atoms with E-state index in [2.05, 4.69) is 32.3 Å². The SMILES string of the molecule is c1ccc(CCOc2cncc(N3CCNCC3)n2)cc1. The number of benzene rings is 1. The van der Waals surface area contributed by atoms with Gasteiger partial charge in [-0.1, -0.05) is 30.3 Å². The highest BCUT2D eigenvalue weighted by Gasteiger charge is 2.12. The second-order valence-electron chi connectivity index (χ2n) is 5.04. The molecule has 0 unspecified atom stereocenters. The molecule has 1 fully saturated rings. The predicted molar refractivity (Wildman–Crippen MR) is 82.8 cm³/mol. The van der Waals surface area contributed by atoms with Gasteiger partial charge in [-0.15, -0.1) is 0 Å². The van der Waals surface area contributed by atoms with E-state index < -0.39 is 0 Å². The Morgan fingerprint density at radius 1 is 1.10 bits per heavy atom. The van der Waals surface area contributed by atoms with E-state index in [1.54, 1.807) is 12.4 Å². The molecule has 1 aromatic heterocycles. The smallest absolute Gasteiger partial charge is 0.234 e. The first kappa shape index (κ1) is 13.8. The summed E-state index contributed by atoms with van der Waals surface area (Å²) in [4.78, 5) is 11.0. The Balaban J connectivity index is 1.55. The highest BCUT2D eigenvalue weighted by molar-refractivity contribution is 5.38. The molecule has 0 atom stereocenters. The highest BCUT2D eigenvalue weighted by Crippen LogP contribution is 2.14. The molecule has 0 amide bonds. The van der Waals surface area contributed by atoms with Crippen molar-refractivity contribution in [1.29, 1.82) is 0 Å². The minimum atomic E-state index is 0.599. The van der Waals surface area contributed by atoms with Crippen molar-refractivity contribution >= 4 is 5.82 Å². The van der Waals surface area contributed by atoms with Crippen molar-refractivity contribution in [3.8, 4) is 5.88 Å². The van der Waals surface area contributed by atoms with Crippen LogP contribution in [0.5, 0.6) is 5.88 Å². The van der Waals surface area contributed by atoms with Crippen LogP contribution in [0.3, 0.4) is 0 Å². The molecule has 0 bridgehead atoms. The fourth-order valence-corrected chi connectivity index (χ4v) is 2.37. The van der Waals surface area contributed by atoms with Crippen molar-refractivity contribution in [3.63, 3.8) is 0 Å². The van der Waals surface area contributed by atoms with Crippen LogP contribution in [0.15, 0.2) is 42.7 Å². The van der Waals surface area contributed by atoms with Crippen LogP contribution in [0.1, 0.15) is 5.56 Å². The maximum Gasteiger partial charge on any atom is 0.234 e. The first-order valence-corrected chi connectivity index (χ1v) is 7.36. The molecular weight excluding hydrogens is 264 g/mol. The predicted octanol–water partition coefficient (Wildman–Crippen LogP) is 1.51. The van der Waals surface area contributed by atoms with E-state index in [1.165, 1.54) is 5.56 Å². The summed E-state index contributed by atoms with van der Waals surface area (Å²) < 4.78 is 5.73. The van der Waals surface area contributed by atoms with E-state index in [1.807, 2.05) is 18.2 Å². The maximum absolute atomic E-state index is 5.73. The number of ether oxygens (including phenoxy) is 1. The summed E-state index contributed by atoms with van der Waals surface area (Å²) in [6, 6.07) is 10.3. The summed E-state index contributed by atoms with van der Waals surface area (Å²) in [7, 11) is 0. The van der Waals surface area contributed by atoms with Gasteiger partial charge in [-0.25, -0.2) is 0 Å². The van der Waals surface area contributed by atoms with Crippen LogP contribution in [-0.2, 0) is 6.42 Å². The molecule has 0 saturated carbocycles. The minimum absolute atomic E-state index is 0.599. The minimum Gasteiger partial charge on any atom is -0.476 e. The molecule has 1 saturated heterocycles. The van der Waals surface area contributed by atoms with Crippen LogP contribution in [0.2, 0.25) is 0 Å². The van der Waals surface area contributed by atoms with Crippen molar-refractivity contribution in [3.05, 3.63) is 48.3 Å². The van der Waals surface area contributed by atoms with Crippen molar-refractivity contribution in [2.75, 3.05) is 37.7 Å². The lowest BCUT2D eigenvalue weighted by Crippen LogP contribution is -2.43. The summed E-state index contributed by atoms with van der Waals surface area (Å²) in [6.45, 7) is 4.51. The van der Waals surface area contributed by atoms with Crippen LogP contribution in [0, 0.1) is 0 Å². The molecular formula is C16H20N4O. The molecule has 1 aromatic carbocycles. The van der Waals surface area contributed by atoms with Gasteiger partial charge >= 0.3 is 0 Å². The summed E-state index contributed by atoms with van der Waals surface area (Å²) >= 11 is 0. The number of hydrogen-bond donors (Lipinski definition) is 1. The summed E-state index contributed by atoms with van der Waals surface area (Å²) in [6.07, 6.45) is 4.35. The Morgan fingerprint density at radius 2 is 1.90 bits per heavy atom. The third-order valence-electron chi connectivity index (χ3n) is 3.52. The molecule has 1 aliphatic rings. The molecule has 0 aliphatic carbocycles. The number of piperazine rings is 1. The summed E-state index contributed by atoms with van der Waals surface area (Å²) in [5, 5.41) is 3.33. The first-order valence-electron chi connectivity index (χ1n) is 7.36. The highest BCUT2D eigenvalue weighted by atomic mass is 16.5. The fraction of sp³-hybridized carbons (Fsp3) is 0.375. The van der Waals surface area contributed by atoms with Gasteiger partial charge in [0.15, 0.2) is 5.82 Å². The molecule has 2 aromatic rings. The summed E-state index contributed by atoms with van der Waals surface area (Å²) in [5.41, 5.74) is 1.27. The van der Waals surface area contributed by atoms with Crippen LogP contribution >= 0.6 is 0 Å². The quantitative estimate of drug-likeness (QED) is 0.902. The molecule has 0 radical (unpaired) electrons. The van der Waals surface area contributed by atoms with Gasteiger partial charge in [-0.3, -0.25) is 4.98 Å². The Labute approximate surface area is 125 Å². The molecule has 21 heavy (non-hydrogen) atoms. The Morgan fingerprint density at radius 3 is 2.71 bits per heavy atom. The lowest BCUT2D eigenvalue weighted by molar-refractivity contribution is 0.308. The van der Waals surface area contributed by atoms with Crippen molar-refractivity contribution < 1.29 is 4.74 Å². The number of nitrogens with one attached hydrogen (secondary N) is 1. The van der Waals surface area contributed by atoms with E-state index in [0.29, 0.717) is 12.5 Å². The molecule has 3 rings (SSSR count). The van der Waals surface area contributed by atoms with Gasteiger partial charge in [-0.05, 0) is 5.56 Å². The average Bonchev–Trinajstić information content (AvgIpc) is 2.57. The van der Waals surface area contributed by atoms with Crippen LogP contribution in [0.25, 0.3) is 0 Å². The van der Waals surface area contributed by atoms with E-state index in [-0.39, 0.29) is 0 Å².